The van der Waals surface area contributed by atoms with E-state index in [1.807, 2.05) is 56.3 Å². The van der Waals surface area contributed by atoms with Gasteiger partial charge in [-0.15, -0.1) is 0 Å². The molecule has 0 amide bonds. The highest BCUT2D eigenvalue weighted by molar-refractivity contribution is 5.98. The van der Waals surface area contributed by atoms with Gasteiger partial charge < -0.3 is 9.84 Å². The summed E-state index contributed by atoms with van der Waals surface area (Å²) in [6.45, 7) is 4.18. The van der Waals surface area contributed by atoms with E-state index in [1.165, 1.54) is 0 Å². The number of phenols is 1. The van der Waals surface area contributed by atoms with E-state index in [1.54, 1.807) is 12.1 Å². The second kappa shape index (κ2) is 6.13. The molecule has 3 rings (SSSR count). The number of ether oxygens (including phenoxy) is 1. The van der Waals surface area contributed by atoms with Crippen molar-refractivity contribution in [1.29, 1.82) is 0 Å². The van der Waals surface area contributed by atoms with Crippen LogP contribution in [0.2, 0.25) is 0 Å². The van der Waals surface area contributed by atoms with E-state index in [9.17, 15) is 9.90 Å². The van der Waals surface area contributed by atoms with E-state index in [4.69, 9.17) is 4.74 Å². The van der Waals surface area contributed by atoms with Crippen LogP contribution >= 0.6 is 0 Å². The van der Waals surface area contributed by atoms with Crippen molar-refractivity contribution >= 4 is 16.7 Å². The van der Waals surface area contributed by atoms with Crippen molar-refractivity contribution in [1.82, 2.24) is 0 Å². The summed E-state index contributed by atoms with van der Waals surface area (Å²) in [7, 11) is 0. The van der Waals surface area contributed by atoms with E-state index >= 15 is 0 Å². The van der Waals surface area contributed by atoms with Crippen molar-refractivity contribution in [3.8, 4) is 5.75 Å². The Bertz CT molecular complexity index is 881. The Balaban J connectivity index is 1.83. The van der Waals surface area contributed by atoms with Gasteiger partial charge in [-0.1, -0.05) is 48.0 Å². The summed E-state index contributed by atoms with van der Waals surface area (Å²) >= 11 is 0. The number of hydrogen-bond donors (Lipinski definition) is 1. The minimum atomic E-state index is -0.519. The van der Waals surface area contributed by atoms with Crippen LogP contribution in [-0.4, -0.2) is 11.1 Å². The molecule has 1 N–H and O–H groups in total. The first-order valence-corrected chi connectivity index (χ1v) is 7.49. The summed E-state index contributed by atoms with van der Waals surface area (Å²) in [5, 5.41) is 11.9. The minimum absolute atomic E-state index is 0.0605. The molecule has 0 fully saturated rings. The predicted octanol–water partition coefficient (Wildman–Crippen LogP) is 4.52. The summed E-state index contributed by atoms with van der Waals surface area (Å²) in [5.74, 6) is -0.580. The maximum Gasteiger partial charge on any atom is 0.342 e. The van der Waals surface area contributed by atoms with Gasteiger partial charge in [-0.25, -0.2) is 4.79 Å². The molecule has 0 saturated heterocycles. The van der Waals surface area contributed by atoms with Crippen molar-refractivity contribution in [3.63, 3.8) is 0 Å². The number of esters is 1. The topological polar surface area (TPSA) is 46.5 Å². The van der Waals surface area contributed by atoms with Gasteiger partial charge in [0.05, 0.1) is 0 Å². The highest BCUT2D eigenvalue weighted by Crippen LogP contribution is 2.26. The number of aromatic hydroxyl groups is 1. The number of carbonyl (C=O) groups is 1. The van der Waals surface area contributed by atoms with Crippen molar-refractivity contribution in [2.45, 2.75) is 20.5 Å². The second-order valence-corrected chi connectivity index (χ2v) is 5.72. The number of carbonyl (C=O) groups excluding carboxylic acids is 1. The van der Waals surface area contributed by atoms with E-state index in [-0.39, 0.29) is 17.9 Å². The lowest BCUT2D eigenvalue weighted by Gasteiger charge is -2.10. The quantitative estimate of drug-likeness (QED) is 0.724. The van der Waals surface area contributed by atoms with Gasteiger partial charge in [0.15, 0.2) is 0 Å². The lowest BCUT2D eigenvalue weighted by atomic mass is 10.1. The lowest BCUT2D eigenvalue weighted by Crippen LogP contribution is -2.06. The number of rotatable bonds is 3. The Labute approximate surface area is 135 Å². The average molecular weight is 306 g/mol. The van der Waals surface area contributed by atoms with Crippen LogP contribution < -0.4 is 0 Å². The van der Waals surface area contributed by atoms with E-state index in [2.05, 4.69) is 0 Å². The molecular formula is C20H18O3. The second-order valence-electron chi connectivity index (χ2n) is 5.72. The highest BCUT2D eigenvalue weighted by atomic mass is 16.5. The van der Waals surface area contributed by atoms with Gasteiger partial charge in [0.25, 0.3) is 0 Å². The van der Waals surface area contributed by atoms with Crippen LogP contribution in [0.25, 0.3) is 10.8 Å². The zero-order chi connectivity index (χ0) is 16.4. The molecule has 0 aliphatic heterocycles. The highest BCUT2D eigenvalue weighted by Gasteiger charge is 2.14. The number of phenolic OH excluding ortho intramolecular Hbond substituents is 1. The molecule has 0 unspecified atom stereocenters. The van der Waals surface area contributed by atoms with Crippen molar-refractivity contribution in [2.75, 3.05) is 0 Å². The Morgan fingerprint density at radius 3 is 2.43 bits per heavy atom. The van der Waals surface area contributed by atoms with Crippen LogP contribution in [0.3, 0.4) is 0 Å². The number of hydrogen-bond acceptors (Lipinski definition) is 3. The Morgan fingerprint density at radius 1 is 1.00 bits per heavy atom. The third kappa shape index (κ3) is 3.19. The van der Waals surface area contributed by atoms with Crippen molar-refractivity contribution in [3.05, 3.63) is 76.9 Å². The van der Waals surface area contributed by atoms with Gasteiger partial charge in [-0.3, -0.25) is 0 Å². The molecule has 0 radical (unpaired) electrons. The van der Waals surface area contributed by atoms with Gasteiger partial charge in [-0.05, 0) is 47.9 Å². The summed E-state index contributed by atoms with van der Waals surface area (Å²) in [6, 6.07) is 16.9. The van der Waals surface area contributed by atoms with Crippen LogP contribution in [0, 0.1) is 13.8 Å². The van der Waals surface area contributed by atoms with Crippen LogP contribution in [0.15, 0.2) is 54.6 Å². The normalized spacial score (nSPS) is 10.7. The molecule has 0 bridgehead atoms. The van der Waals surface area contributed by atoms with Crippen LogP contribution in [0.5, 0.6) is 5.75 Å². The number of fused-ring (bicyclic) bond motifs is 1. The van der Waals surface area contributed by atoms with E-state index in [0.717, 1.165) is 27.5 Å². The third-order valence-electron chi connectivity index (χ3n) is 3.95. The zero-order valence-electron chi connectivity index (χ0n) is 13.2. The summed E-state index contributed by atoms with van der Waals surface area (Å²) < 4.78 is 5.38. The maximum absolute atomic E-state index is 12.3. The number of aryl methyl sites for hydroxylation is 2. The molecule has 23 heavy (non-hydrogen) atoms. The molecule has 3 heteroatoms. The minimum Gasteiger partial charge on any atom is -0.507 e. The fraction of sp³-hybridized carbons (Fsp3) is 0.150. The summed E-state index contributed by atoms with van der Waals surface area (Å²) in [6.07, 6.45) is 0. The fourth-order valence-electron chi connectivity index (χ4n) is 2.57. The number of benzene rings is 3. The Kier molecular flexibility index (Phi) is 4.02. The molecule has 0 saturated carbocycles. The lowest BCUT2D eigenvalue weighted by molar-refractivity contribution is 0.0469. The van der Waals surface area contributed by atoms with Crippen LogP contribution in [0.1, 0.15) is 27.0 Å². The largest absolute Gasteiger partial charge is 0.507 e. The smallest absolute Gasteiger partial charge is 0.342 e. The molecular weight excluding hydrogens is 288 g/mol. The standard InChI is InChI=1S/C20H18O3/c1-13-7-8-14(2)17(9-13)12-23-20(22)18-10-15-5-3-4-6-16(15)11-19(18)21/h3-11,21H,12H2,1-2H3. The first kappa shape index (κ1) is 15.1. The Hall–Kier alpha value is -2.81. The molecule has 0 aromatic heterocycles. The third-order valence-corrected chi connectivity index (χ3v) is 3.95. The molecule has 0 atom stereocenters. The van der Waals surface area contributed by atoms with Gasteiger partial charge in [0, 0.05) is 0 Å². The SMILES string of the molecule is Cc1ccc(C)c(COC(=O)c2cc3ccccc3cc2O)c1. The van der Waals surface area contributed by atoms with E-state index < -0.39 is 5.97 Å². The predicted molar refractivity (Wildman–Crippen MR) is 90.6 cm³/mol. The van der Waals surface area contributed by atoms with Gasteiger partial charge in [0.2, 0.25) is 0 Å². The van der Waals surface area contributed by atoms with Crippen LogP contribution in [-0.2, 0) is 11.3 Å². The van der Waals surface area contributed by atoms with E-state index in [0.29, 0.717) is 0 Å². The zero-order valence-corrected chi connectivity index (χ0v) is 13.2. The average Bonchev–Trinajstić information content (AvgIpc) is 2.54. The molecule has 3 aromatic rings. The molecule has 116 valence electrons. The maximum atomic E-state index is 12.3. The summed E-state index contributed by atoms with van der Waals surface area (Å²) in [5.41, 5.74) is 3.36. The fourth-order valence-corrected chi connectivity index (χ4v) is 2.57. The molecule has 0 heterocycles. The van der Waals surface area contributed by atoms with Gasteiger partial charge in [-0.2, -0.15) is 0 Å². The molecule has 0 aliphatic rings. The Morgan fingerprint density at radius 2 is 1.70 bits per heavy atom. The van der Waals surface area contributed by atoms with Gasteiger partial charge >= 0.3 is 5.97 Å². The van der Waals surface area contributed by atoms with Crippen molar-refractivity contribution in [2.24, 2.45) is 0 Å². The summed E-state index contributed by atoms with van der Waals surface area (Å²) in [4.78, 5) is 12.3. The molecule has 3 nitrogen and oxygen atoms in total. The van der Waals surface area contributed by atoms with Gasteiger partial charge in [0.1, 0.15) is 17.9 Å². The molecule has 0 aliphatic carbocycles. The monoisotopic (exact) mass is 306 g/mol. The first-order chi connectivity index (χ1) is 11.0. The van der Waals surface area contributed by atoms with Crippen molar-refractivity contribution < 1.29 is 14.6 Å². The van der Waals surface area contributed by atoms with Crippen LogP contribution in [0.4, 0.5) is 0 Å². The molecule has 3 aromatic carbocycles. The molecule has 0 spiro atoms. The first-order valence-electron chi connectivity index (χ1n) is 7.49.